The topological polar surface area (TPSA) is 26.3 Å². The summed E-state index contributed by atoms with van der Waals surface area (Å²) in [6, 6.07) is 8.81. The van der Waals surface area contributed by atoms with Crippen LogP contribution in [0.4, 0.5) is 0 Å². The molecule has 1 aromatic carbocycles. The fraction of sp³-hybridized carbons (Fsp3) is 0. The first kappa shape index (κ1) is 9.26. The normalized spacial score (nSPS) is 9.85. The highest BCUT2D eigenvalue weighted by Gasteiger charge is 2.02. The fourth-order valence-electron chi connectivity index (χ4n) is 0.799. The molecule has 66 valence electrons. The lowest BCUT2D eigenvalue weighted by Crippen LogP contribution is -1.99. The molecular weight excluding hydrogens is 164 g/mol. The van der Waals surface area contributed by atoms with Crippen LogP contribution in [0.1, 0.15) is 10.4 Å². The molecule has 1 aromatic rings. The summed E-state index contributed by atoms with van der Waals surface area (Å²) < 4.78 is 4.78. The predicted molar refractivity (Wildman–Crippen MR) is 51.2 cm³/mol. The highest BCUT2D eigenvalue weighted by molar-refractivity contribution is 5.89. The van der Waals surface area contributed by atoms with E-state index in [2.05, 4.69) is 6.58 Å². The van der Waals surface area contributed by atoms with Gasteiger partial charge in [-0.15, -0.1) is 0 Å². The van der Waals surface area contributed by atoms with Crippen molar-refractivity contribution in [3.8, 4) is 0 Å². The van der Waals surface area contributed by atoms with Gasteiger partial charge in [0.1, 0.15) is 0 Å². The van der Waals surface area contributed by atoms with Gasteiger partial charge in [0.15, 0.2) is 0 Å². The molecule has 2 heteroatoms. The molecule has 0 amide bonds. The molecule has 0 radical (unpaired) electrons. The van der Waals surface area contributed by atoms with Crippen LogP contribution in [-0.4, -0.2) is 5.97 Å². The van der Waals surface area contributed by atoms with Gasteiger partial charge in [0.2, 0.25) is 0 Å². The Balaban J connectivity index is 2.59. The summed E-state index contributed by atoms with van der Waals surface area (Å²) in [4.78, 5) is 11.2. The Labute approximate surface area is 77.2 Å². The second-order valence-electron chi connectivity index (χ2n) is 2.34. The number of rotatable bonds is 3. The molecule has 0 aliphatic heterocycles. The van der Waals surface area contributed by atoms with Crippen LogP contribution in [0.3, 0.4) is 0 Å². The van der Waals surface area contributed by atoms with Crippen molar-refractivity contribution in [3.63, 3.8) is 0 Å². The summed E-state index contributed by atoms with van der Waals surface area (Å²) in [6.07, 6.45) is 4.40. The van der Waals surface area contributed by atoms with Crippen molar-refractivity contribution in [3.05, 3.63) is 60.9 Å². The number of benzene rings is 1. The Morgan fingerprint density at radius 3 is 2.62 bits per heavy atom. The van der Waals surface area contributed by atoms with E-state index in [0.717, 1.165) is 0 Å². The summed E-state index contributed by atoms with van der Waals surface area (Å²) >= 11 is 0. The van der Waals surface area contributed by atoms with Gasteiger partial charge in [-0.2, -0.15) is 0 Å². The average molecular weight is 174 g/mol. The number of esters is 1. The smallest absolute Gasteiger partial charge is 0.342 e. The van der Waals surface area contributed by atoms with E-state index in [1.54, 1.807) is 30.3 Å². The highest BCUT2D eigenvalue weighted by Crippen LogP contribution is 2.00. The molecule has 0 bridgehead atoms. The van der Waals surface area contributed by atoms with Crippen molar-refractivity contribution in [2.24, 2.45) is 0 Å². The molecule has 0 aromatic heterocycles. The maximum atomic E-state index is 11.2. The first-order chi connectivity index (χ1) is 6.34. The Bertz CT molecular complexity index is 312. The quantitative estimate of drug-likeness (QED) is 0.400. The first-order valence-electron chi connectivity index (χ1n) is 3.88. The molecule has 0 atom stereocenters. The summed E-state index contributed by atoms with van der Waals surface area (Å²) in [5.74, 6) is -0.362. The summed E-state index contributed by atoms with van der Waals surface area (Å²) in [7, 11) is 0. The van der Waals surface area contributed by atoms with E-state index < -0.39 is 0 Å². The molecule has 0 aliphatic carbocycles. The number of hydrogen-bond donors (Lipinski definition) is 0. The zero-order chi connectivity index (χ0) is 9.52. The summed E-state index contributed by atoms with van der Waals surface area (Å²) in [5.41, 5.74) is 0.538. The second-order valence-corrected chi connectivity index (χ2v) is 2.34. The van der Waals surface area contributed by atoms with Crippen molar-refractivity contribution in [1.82, 2.24) is 0 Å². The van der Waals surface area contributed by atoms with Crippen molar-refractivity contribution >= 4 is 5.97 Å². The van der Waals surface area contributed by atoms with Gasteiger partial charge in [0.05, 0.1) is 11.8 Å². The van der Waals surface area contributed by atoms with Crippen molar-refractivity contribution < 1.29 is 9.53 Å². The Morgan fingerprint density at radius 2 is 2.00 bits per heavy atom. The van der Waals surface area contributed by atoms with Crippen LogP contribution >= 0.6 is 0 Å². The standard InChI is InChI=1S/C11H10O2/c1-2-3-9-13-11(12)10-7-5-4-6-8-10/h2-9H,1H2. The van der Waals surface area contributed by atoms with Gasteiger partial charge in [-0.25, -0.2) is 4.79 Å². The molecule has 0 spiro atoms. The van der Waals surface area contributed by atoms with Gasteiger partial charge in [-0.3, -0.25) is 0 Å². The van der Waals surface area contributed by atoms with Crippen molar-refractivity contribution in [1.29, 1.82) is 0 Å². The molecule has 1 rings (SSSR count). The van der Waals surface area contributed by atoms with Crippen LogP contribution < -0.4 is 0 Å². The minimum absolute atomic E-state index is 0.362. The van der Waals surface area contributed by atoms with E-state index in [1.807, 2.05) is 6.07 Å². The van der Waals surface area contributed by atoms with E-state index in [9.17, 15) is 4.79 Å². The molecular formula is C11H10O2. The largest absolute Gasteiger partial charge is 0.431 e. The lowest BCUT2D eigenvalue weighted by Gasteiger charge is -1.96. The zero-order valence-corrected chi connectivity index (χ0v) is 7.14. The maximum absolute atomic E-state index is 11.2. The van der Waals surface area contributed by atoms with Crippen LogP contribution in [0.25, 0.3) is 0 Å². The third-order valence-corrected chi connectivity index (χ3v) is 1.40. The number of allylic oxidation sites excluding steroid dienone is 2. The predicted octanol–water partition coefficient (Wildman–Crippen LogP) is 2.54. The van der Waals surface area contributed by atoms with Crippen LogP contribution in [0.15, 0.2) is 55.3 Å². The lowest BCUT2D eigenvalue weighted by atomic mass is 10.2. The number of carbonyl (C=O) groups is 1. The van der Waals surface area contributed by atoms with Crippen LogP contribution in [-0.2, 0) is 4.74 Å². The minimum Gasteiger partial charge on any atom is -0.431 e. The molecule has 13 heavy (non-hydrogen) atoms. The summed E-state index contributed by atoms with van der Waals surface area (Å²) in [5, 5.41) is 0. The molecule has 0 heterocycles. The minimum atomic E-state index is -0.362. The molecule has 0 fully saturated rings. The van der Waals surface area contributed by atoms with E-state index in [-0.39, 0.29) is 5.97 Å². The second kappa shape index (κ2) is 4.93. The third-order valence-electron chi connectivity index (χ3n) is 1.40. The molecule has 2 nitrogen and oxygen atoms in total. The number of ether oxygens (including phenoxy) is 1. The molecule has 0 saturated carbocycles. The average Bonchev–Trinajstić information content (AvgIpc) is 2.19. The SMILES string of the molecule is C=CC=COC(=O)c1ccccc1. The molecule has 0 N–H and O–H groups in total. The van der Waals surface area contributed by atoms with E-state index in [0.29, 0.717) is 5.56 Å². The van der Waals surface area contributed by atoms with Crippen molar-refractivity contribution in [2.75, 3.05) is 0 Å². The van der Waals surface area contributed by atoms with Crippen LogP contribution in [0, 0.1) is 0 Å². The molecule has 0 aliphatic rings. The summed E-state index contributed by atoms with van der Waals surface area (Å²) in [6.45, 7) is 3.45. The van der Waals surface area contributed by atoms with Gasteiger partial charge in [-0.05, 0) is 18.2 Å². The Morgan fingerprint density at radius 1 is 1.31 bits per heavy atom. The Hall–Kier alpha value is -1.83. The number of hydrogen-bond acceptors (Lipinski definition) is 2. The van der Waals surface area contributed by atoms with Crippen LogP contribution in [0.2, 0.25) is 0 Å². The zero-order valence-electron chi connectivity index (χ0n) is 7.14. The van der Waals surface area contributed by atoms with Gasteiger partial charge < -0.3 is 4.74 Å². The third kappa shape index (κ3) is 2.95. The van der Waals surface area contributed by atoms with Gasteiger partial charge in [-0.1, -0.05) is 30.9 Å². The van der Waals surface area contributed by atoms with Gasteiger partial charge in [0.25, 0.3) is 0 Å². The van der Waals surface area contributed by atoms with E-state index >= 15 is 0 Å². The fourth-order valence-corrected chi connectivity index (χ4v) is 0.799. The van der Waals surface area contributed by atoms with Gasteiger partial charge in [0, 0.05) is 0 Å². The number of carbonyl (C=O) groups excluding carboxylic acids is 1. The Kier molecular flexibility index (Phi) is 3.51. The molecule has 0 unspecified atom stereocenters. The van der Waals surface area contributed by atoms with Gasteiger partial charge >= 0.3 is 5.97 Å². The van der Waals surface area contributed by atoms with E-state index in [1.165, 1.54) is 12.3 Å². The molecule has 0 saturated heterocycles. The lowest BCUT2D eigenvalue weighted by molar-refractivity contribution is 0.0663. The van der Waals surface area contributed by atoms with Crippen molar-refractivity contribution in [2.45, 2.75) is 0 Å². The first-order valence-corrected chi connectivity index (χ1v) is 3.88. The monoisotopic (exact) mass is 174 g/mol. The van der Waals surface area contributed by atoms with E-state index in [4.69, 9.17) is 4.74 Å². The van der Waals surface area contributed by atoms with Crippen LogP contribution in [0.5, 0.6) is 0 Å². The maximum Gasteiger partial charge on any atom is 0.342 e. The highest BCUT2D eigenvalue weighted by atomic mass is 16.5.